The van der Waals surface area contributed by atoms with Crippen LogP contribution in [-0.4, -0.2) is 12.7 Å². The lowest BCUT2D eigenvalue weighted by Gasteiger charge is -1.92. The first-order chi connectivity index (χ1) is 2.77. The predicted octanol–water partition coefficient (Wildman–Crippen LogP) is 0.0631. The van der Waals surface area contributed by atoms with E-state index in [9.17, 15) is 0 Å². The van der Waals surface area contributed by atoms with Gasteiger partial charge in [0.2, 0.25) is 0 Å². The highest BCUT2D eigenvalue weighted by Crippen LogP contribution is 1.82. The Balaban J connectivity index is 2.83. The van der Waals surface area contributed by atoms with E-state index in [0.29, 0.717) is 13.4 Å². The molecule has 0 saturated carbocycles. The lowest BCUT2D eigenvalue weighted by molar-refractivity contribution is 0.373. The van der Waals surface area contributed by atoms with E-state index in [-0.39, 0.29) is 0 Å². The monoisotopic (exact) mass is 85.0 g/mol. The highest BCUT2D eigenvalue weighted by atomic mass is 16.5. The van der Waals surface area contributed by atoms with Crippen molar-refractivity contribution >= 4 is 7.69 Å². The summed E-state index contributed by atoms with van der Waals surface area (Å²) in [4.78, 5) is 0. The van der Waals surface area contributed by atoms with Crippen molar-refractivity contribution in [3.63, 3.8) is 0 Å². The Morgan fingerprint density at radius 3 is 2.50 bits per heavy atom. The van der Waals surface area contributed by atoms with Crippen LogP contribution in [0, 0.1) is 0 Å². The Morgan fingerprint density at radius 1 is 2.00 bits per heavy atom. The molecule has 0 unspecified atom stereocenters. The van der Waals surface area contributed by atoms with Crippen molar-refractivity contribution in [2.24, 2.45) is 0 Å². The second kappa shape index (κ2) is 2.78. The van der Waals surface area contributed by atoms with Crippen LogP contribution in [0.2, 0.25) is 0 Å². The molecule has 33 valence electrons. The summed E-state index contributed by atoms with van der Waals surface area (Å²) >= 11 is 0. The molecule has 0 bridgehead atoms. The predicted molar refractivity (Wildman–Crippen MR) is 23.9 cm³/mol. The molecule has 6 heavy (non-hydrogen) atoms. The van der Waals surface area contributed by atoms with E-state index >= 15 is 0 Å². The smallest absolute Gasteiger partial charge is 0.541 e. The third-order valence-corrected chi connectivity index (χ3v) is 0.254. The fourth-order valence-corrected chi connectivity index (χ4v) is 0.0900. The van der Waals surface area contributed by atoms with Crippen LogP contribution in [0.15, 0.2) is 12.3 Å². The van der Waals surface area contributed by atoms with Gasteiger partial charge in [-0.25, -0.2) is 0 Å². The molecule has 0 heterocycles. The van der Waals surface area contributed by atoms with Gasteiger partial charge in [-0.2, -0.15) is 0 Å². The van der Waals surface area contributed by atoms with E-state index in [1.807, 2.05) is 0 Å². The normalized spacial score (nSPS) is 7.00. The maximum absolute atomic E-state index is 7.83. The van der Waals surface area contributed by atoms with Gasteiger partial charge < -0.3 is 9.68 Å². The Labute approximate surface area is 37.7 Å². The average Bonchev–Trinajstić information content (AvgIpc) is 1.35. The quantitative estimate of drug-likeness (QED) is 0.379. The summed E-state index contributed by atoms with van der Waals surface area (Å²) in [5.74, 6) is 0.484. The van der Waals surface area contributed by atoms with E-state index in [1.54, 1.807) is 6.92 Å². The minimum atomic E-state index is 0.484. The molecule has 0 aromatic rings. The Morgan fingerprint density at radius 2 is 2.50 bits per heavy atom. The van der Waals surface area contributed by atoms with E-state index in [2.05, 4.69) is 11.2 Å². The molecule has 3 heteroatoms. The lowest BCUT2D eigenvalue weighted by Crippen LogP contribution is -1.91. The van der Waals surface area contributed by atoms with Crippen molar-refractivity contribution in [1.29, 1.82) is 0 Å². The van der Waals surface area contributed by atoms with Gasteiger partial charge in [0.05, 0.1) is 5.76 Å². The third-order valence-electron chi connectivity index (χ3n) is 0.254. The molecule has 0 aromatic heterocycles. The van der Waals surface area contributed by atoms with Gasteiger partial charge in [0.15, 0.2) is 0 Å². The number of hydrogen-bond donors (Lipinski definition) is 1. The van der Waals surface area contributed by atoms with Crippen LogP contribution < -0.4 is 0 Å². The number of allylic oxidation sites excluding steroid dienone is 1. The summed E-state index contributed by atoms with van der Waals surface area (Å²) in [6.07, 6.45) is 0. The Hall–Kier alpha value is -0.435. The molecule has 0 spiro atoms. The molecular formula is C3H6BO2. The van der Waals surface area contributed by atoms with Crippen LogP contribution in [0.5, 0.6) is 0 Å². The molecule has 0 saturated heterocycles. The molecule has 0 rings (SSSR count). The summed E-state index contributed by atoms with van der Waals surface area (Å²) in [5, 5.41) is 7.83. The highest BCUT2D eigenvalue weighted by Gasteiger charge is 1.81. The maximum atomic E-state index is 7.83. The first-order valence-corrected chi connectivity index (χ1v) is 1.55. The first kappa shape index (κ1) is 5.56. The van der Waals surface area contributed by atoms with Crippen molar-refractivity contribution in [1.82, 2.24) is 0 Å². The van der Waals surface area contributed by atoms with Gasteiger partial charge in [-0.1, -0.05) is 6.58 Å². The summed E-state index contributed by atoms with van der Waals surface area (Å²) in [7, 11) is 0.600. The highest BCUT2D eigenvalue weighted by molar-refractivity contribution is 6.16. The Bertz CT molecular complexity index is 52.8. The zero-order chi connectivity index (χ0) is 4.99. The standard InChI is InChI=1S/C3H6BO2/c1-3(2)6-4-5/h5H,1H2,2H3. The number of rotatable bonds is 2. The second-order valence-corrected chi connectivity index (χ2v) is 0.925. The fraction of sp³-hybridized carbons (Fsp3) is 0.333. The van der Waals surface area contributed by atoms with Crippen molar-refractivity contribution < 1.29 is 9.68 Å². The van der Waals surface area contributed by atoms with Crippen molar-refractivity contribution in [3.05, 3.63) is 12.3 Å². The van der Waals surface area contributed by atoms with Crippen LogP contribution in [-0.2, 0) is 4.65 Å². The van der Waals surface area contributed by atoms with Gasteiger partial charge >= 0.3 is 7.69 Å². The molecule has 0 fully saturated rings. The SMILES string of the molecule is C=C(C)O[B]O. The zero-order valence-corrected chi connectivity index (χ0v) is 3.64. The zero-order valence-electron chi connectivity index (χ0n) is 3.64. The van der Waals surface area contributed by atoms with Gasteiger partial charge in [0.1, 0.15) is 0 Å². The van der Waals surface area contributed by atoms with Crippen LogP contribution in [0.25, 0.3) is 0 Å². The van der Waals surface area contributed by atoms with E-state index in [4.69, 9.17) is 5.02 Å². The van der Waals surface area contributed by atoms with E-state index < -0.39 is 0 Å². The Kier molecular flexibility index (Phi) is 2.58. The van der Waals surface area contributed by atoms with Gasteiger partial charge in [0, 0.05) is 0 Å². The summed E-state index contributed by atoms with van der Waals surface area (Å²) in [6, 6.07) is 0. The lowest BCUT2D eigenvalue weighted by atomic mass is 10.4. The number of hydrogen-bond acceptors (Lipinski definition) is 2. The third kappa shape index (κ3) is 3.56. The summed E-state index contributed by atoms with van der Waals surface area (Å²) in [6.45, 7) is 4.98. The minimum Gasteiger partial charge on any atom is -0.541 e. The molecule has 0 aliphatic rings. The van der Waals surface area contributed by atoms with Gasteiger partial charge in [-0.15, -0.1) is 0 Å². The van der Waals surface area contributed by atoms with Gasteiger partial charge in [0.25, 0.3) is 0 Å². The largest absolute Gasteiger partial charge is 0.569 e. The molecular weight excluding hydrogens is 78.8 g/mol. The van der Waals surface area contributed by atoms with Crippen LogP contribution in [0.3, 0.4) is 0 Å². The average molecular weight is 84.9 g/mol. The molecule has 2 nitrogen and oxygen atoms in total. The van der Waals surface area contributed by atoms with Crippen molar-refractivity contribution in [2.75, 3.05) is 0 Å². The van der Waals surface area contributed by atoms with Crippen LogP contribution >= 0.6 is 0 Å². The molecule has 0 aliphatic heterocycles. The van der Waals surface area contributed by atoms with E-state index in [1.165, 1.54) is 0 Å². The molecule has 1 radical (unpaired) electrons. The van der Waals surface area contributed by atoms with Crippen LogP contribution in [0.1, 0.15) is 6.92 Å². The van der Waals surface area contributed by atoms with Gasteiger partial charge in [-0.05, 0) is 6.92 Å². The molecule has 0 atom stereocenters. The maximum Gasteiger partial charge on any atom is 0.569 e. The van der Waals surface area contributed by atoms with Crippen molar-refractivity contribution in [2.45, 2.75) is 6.92 Å². The summed E-state index contributed by atoms with van der Waals surface area (Å²) < 4.78 is 4.28. The molecule has 0 aromatic carbocycles. The second-order valence-electron chi connectivity index (χ2n) is 0.925. The van der Waals surface area contributed by atoms with E-state index in [0.717, 1.165) is 0 Å². The van der Waals surface area contributed by atoms with Crippen molar-refractivity contribution in [3.8, 4) is 0 Å². The topological polar surface area (TPSA) is 29.5 Å². The minimum absolute atomic E-state index is 0.484. The van der Waals surface area contributed by atoms with Crippen LogP contribution in [0.4, 0.5) is 0 Å². The molecule has 0 amide bonds. The summed E-state index contributed by atoms with van der Waals surface area (Å²) in [5.41, 5.74) is 0. The fourth-order valence-electron chi connectivity index (χ4n) is 0.0900. The molecule has 0 aliphatic carbocycles. The first-order valence-electron chi connectivity index (χ1n) is 1.55. The molecule has 1 N–H and O–H groups in total. The van der Waals surface area contributed by atoms with Gasteiger partial charge in [-0.3, -0.25) is 0 Å².